The fourth-order valence-corrected chi connectivity index (χ4v) is 3.20. The standard InChI is InChI=1S/C18H17N3O3S/c1-3-24-14-7-4-12(5-8-14)17(23)21-18-20-15-9-6-13(19-11(2)22)10-16(15)25-18/h4-10H,3H2,1-2H3,(H,19,22)(H,20,21,23). The highest BCUT2D eigenvalue weighted by atomic mass is 32.1. The minimum atomic E-state index is -0.232. The summed E-state index contributed by atoms with van der Waals surface area (Å²) in [5, 5.41) is 6.04. The van der Waals surface area contributed by atoms with Gasteiger partial charge in [-0.2, -0.15) is 0 Å². The Morgan fingerprint density at radius 2 is 1.88 bits per heavy atom. The summed E-state index contributed by atoms with van der Waals surface area (Å²) in [6, 6.07) is 12.4. The van der Waals surface area contributed by atoms with Gasteiger partial charge in [-0.3, -0.25) is 14.9 Å². The quantitative estimate of drug-likeness (QED) is 0.727. The van der Waals surface area contributed by atoms with Crippen molar-refractivity contribution in [2.45, 2.75) is 13.8 Å². The predicted octanol–water partition coefficient (Wildman–Crippen LogP) is 3.91. The van der Waals surface area contributed by atoms with Crippen molar-refractivity contribution >= 4 is 44.2 Å². The largest absolute Gasteiger partial charge is 0.494 e. The zero-order chi connectivity index (χ0) is 17.8. The lowest BCUT2D eigenvalue weighted by molar-refractivity contribution is -0.114. The molecule has 0 atom stereocenters. The first kappa shape index (κ1) is 16.9. The molecule has 0 radical (unpaired) electrons. The van der Waals surface area contributed by atoms with Crippen molar-refractivity contribution in [3.63, 3.8) is 0 Å². The maximum Gasteiger partial charge on any atom is 0.257 e. The second kappa shape index (κ2) is 7.31. The molecule has 6 nitrogen and oxygen atoms in total. The van der Waals surface area contributed by atoms with Crippen molar-refractivity contribution in [1.29, 1.82) is 0 Å². The molecule has 0 spiro atoms. The highest BCUT2D eigenvalue weighted by Gasteiger charge is 2.11. The highest BCUT2D eigenvalue weighted by molar-refractivity contribution is 7.22. The van der Waals surface area contributed by atoms with E-state index in [2.05, 4.69) is 15.6 Å². The van der Waals surface area contributed by atoms with Crippen LogP contribution in [0.2, 0.25) is 0 Å². The highest BCUT2D eigenvalue weighted by Crippen LogP contribution is 2.28. The number of hydrogen-bond donors (Lipinski definition) is 2. The van der Waals surface area contributed by atoms with Gasteiger partial charge >= 0.3 is 0 Å². The molecule has 0 saturated carbocycles. The number of fused-ring (bicyclic) bond motifs is 1. The zero-order valence-electron chi connectivity index (χ0n) is 13.8. The average molecular weight is 355 g/mol. The van der Waals surface area contributed by atoms with E-state index in [9.17, 15) is 9.59 Å². The summed E-state index contributed by atoms with van der Waals surface area (Å²) in [6.07, 6.45) is 0. The third kappa shape index (κ3) is 4.13. The molecule has 0 unspecified atom stereocenters. The van der Waals surface area contributed by atoms with E-state index in [1.54, 1.807) is 30.3 Å². The van der Waals surface area contributed by atoms with Gasteiger partial charge in [-0.15, -0.1) is 0 Å². The molecule has 7 heteroatoms. The van der Waals surface area contributed by atoms with Crippen molar-refractivity contribution in [1.82, 2.24) is 4.98 Å². The van der Waals surface area contributed by atoms with Crippen molar-refractivity contribution in [2.24, 2.45) is 0 Å². The lowest BCUT2D eigenvalue weighted by Gasteiger charge is -2.04. The molecule has 0 aliphatic heterocycles. The lowest BCUT2D eigenvalue weighted by atomic mass is 10.2. The average Bonchev–Trinajstić information content (AvgIpc) is 2.96. The van der Waals surface area contributed by atoms with Crippen molar-refractivity contribution < 1.29 is 14.3 Å². The van der Waals surface area contributed by atoms with Crippen LogP contribution in [-0.2, 0) is 4.79 Å². The summed E-state index contributed by atoms with van der Waals surface area (Å²) < 4.78 is 6.25. The summed E-state index contributed by atoms with van der Waals surface area (Å²) in [5.41, 5.74) is 2.00. The van der Waals surface area contributed by atoms with E-state index in [0.717, 1.165) is 16.0 Å². The minimum absolute atomic E-state index is 0.132. The first-order chi connectivity index (χ1) is 12.0. The number of hydrogen-bond acceptors (Lipinski definition) is 5. The monoisotopic (exact) mass is 355 g/mol. The fourth-order valence-electron chi connectivity index (χ4n) is 2.30. The molecule has 2 amide bonds. The molecule has 2 N–H and O–H groups in total. The molecule has 2 aromatic carbocycles. The summed E-state index contributed by atoms with van der Waals surface area (Å²) in [4.78, 5) is 27.9. The van der Waals surface area contributed by atoms with Crippen LogP contribution < -0.4 is 15.4 Å². The number of nitrogens with one attached hydrogen (secondary N) is 2. The third-order valence-electron chi connectivity index (χ3n) is 3.36. The number of thiazole rings is 1. The van der Waals surface area contributed by atoms with Gasteiger partial charge in [0.25, 0.3) is 5.91 Å². The van der Waals surface area contributed by atoms with Crippen LogP contribution in [0.4, 0.5) is 10.8 Å². The Morgan fingerprint density at radius 1 is 1.12 bits per heavy atom. The smallest absolute Gasteiger partial charge is 0.257 e. The van der Waals surface area contributed by atoms with E-state index >= 15 is 0 Å². The van der Waals surface area contributed by atoms with Crippen LogP contribution in [0.5, 0.6) is 5.75 Å². The van der Waals surface area contributed by atoms with E-state index in [1.165, 1.54) is 18.3 Å². The van der Waals surface area contributed by atoms with Crippen LogP contribution in [0.3, 0.4) is 0 Å². The van der Waals surface area contributed by atoms with Gasteiger partial charge in [-0.25, -0.2) is 4.98 Å². The molecule has 3 rings (SSSR count). The van der Waals surface area contributed by atoms with E-state index in [1.807, 2.05) is 19.1 Å². The lowest BCUT2D eigenvalue weighted by Crippen LogP contribution is -2.11. The van der Waals surface area contributed by atoms with Gasteiger partial charge in [0.05, 0.1) is 16.8 Å². The Kier molecular flexibility index (Phi) is 4.95. The molecule has 0 fully saturated rings. The Hall–Kier alpha value is -2.93. The van der Waals surface area contributed by atoms with Gasteiger partial charge in [0, 0.05) is 18.2 Å². The van der Waals surface area contributed by atoms with Crippen LogP contribution >= 0.6 is 11.3 Å². The maximum absolute atomic E-state index is 12.3. The van der Waals surface area contributed by atoms with Gasteiger partial charge < -0.3 is 10.1 Å². The molecule has 1 heterocycles. The minimum Gasteiger partial charge on any atom is -0.494 e. The Morgan fingerprint density at radius 3 is 2.56 bits per heavy atom. The van der Waals surface area contributed by atoms with Gasteiger partial charge in [-0.05, 0) is 49.4 Å². The Labute approximate surface area is 148 Å². The molecule has 128 valence electrons. The van der Waals surface area contributed by atoms with Gasteiger partial charge in [0.15, 0.2) is 5.13 Å². The maximum atomic E-state index is 12.3. The number of rotatable bonds is 5. The predicted molar refractivity (Wildman–Crippen MR) is 99.5 cm³/mol. The van der Waals surface area contributed by atoms with Gasteiger partial charge in [0.2, 0.25) is 5.91 Å². The van der Waals surface area contributed by atoms with Crippen LogP contribution in [-0.4, -0.2) is 23.4 Å². The number of carbonyl (C=O) groups is 2. The fraction of sp³-hybridized carbons (Fsp3) is 0.167. The molecule has 0 aliphatic carbocycles. The number of carbonyl (C=O) groups excluding carboxylic acids is 2. The number of aromatic nitrogens is 1. The summed E-state index contributed by atoms with van der Waals surface area (Å²) in [7, 11) is 0. The first-order valence-corrected chi connectivity index (χ1v) is 8.59. The summed E-state index contributed by atoms with van der Waals surface area (Å²) in [6.45, 7) is 3.95. The van der Waals surface area contributed by atoms with E-state index in [0.29, 0.717) is 23.0 Å². The topological polar surface area (TPSA) is 80.3 Å². The summed E-state index contributed by atoms with van der Waals surface area (Å²) >= 11 is 1.35. The molecular formula is C18H17N3O3S. The molecule has 0 aliphatic rings. The SMILES string of the molecule is CCOc1ccc(C(=O)Nc2nc3ccc(NC(C)=O)cc3s2)cc1. The van der Waals surface area contributed by atoms with E-state index < -0.39 is 0 Å². The zero-order valence-corrected chi connectivity index (χ0v) is 14.6. The van der Waals surface area contributed by atoms with Crippen molar-refractivity contribution in [3.05, 3.63) is 48.0 Å². The normalized spacial score (nSPS) is 10.5. The van der Waals surface area contributed by atoms with Crippen LogP contribution in [0.15, 0.2) is 42.5 Å². The molecular weight excluding hydrogens is 338 g/mol. The molecule has 25 heavy (non-hydrogen) atoms. The third-order valence-corrected chi connectivity index (χ3v) is 4.29. The first-order valence-electron chi connectivity index (χ1n) is 7.77. The molecule has 0 bridgehead atoms. The second-order valence-corrected chi connectivity index (χ2v) is 6.32. The van der Waals surface area contributed by atoms with E-state index in [-0.39, 0.29) is 11.8 Å². The van der Waals surface area contributed by atoms with Crippen LogP contribution in [0.25, 0.3) is 10.2 Å². The molecule has 1 aromatic heterocycles. The number of benzene rings is 2. The number of anilines is 2. The Balaban J connectivity index is 1.75. The summed E-state index contributed by atoms with van der Waals surface area (Å²) in [5.74, 6) is 0.363. The number of amides is 2. The van der Waals surface area contributed by atoms with E-state index in [4.69, 9.17) is 4.74 Å². The second-order valence-electron chi connectivity index (χ2n) is 5.29. The van der Waals surface area contributed by atoms with Crippen LogP contribution in [0, 0.1) is 0 Å². The number of ether oxygens (including phenoxy) is 1. The molecule has 3 aromatic rings. The van der Waals surface area contributed by atoms with Crippen molar-refractivity contribution in [2.75, 3.05) is 17.2 Å². The molecule has 0 saturated heterocycles. The van der Waals surface area contributed by atoms with Gasteiger partial charge in [0.1, 0.15) is 5.75 Å². The van der Waals surface area contributed by atoms with Crippen molar-refractivity contribution in [3.8, 4) is 5.75 Å². The van der Waals surface area contributed by atoms with Gasteiger partial charge in [-0.1, -0.05) is 11.3 Å². The Bertz CT molecular complexity index is 919. The number of nitrogens with zero attached hydrogens (tertiary/aromatic N) is 1. The van der Waals surface area contributed by atoms with Crippen LogP contribution in [0.1, 0.15) is 24.2 Å².